The molecule has 0 aromatic carbocycles. The number of alkyl halides is 12. The highest BCUT2D eigenvalue weighted by molar-refractivity contribution is 5.09. The van der Waals surface area contributed by atoms with E-state index < -0.39 is 84.3 Å². The Morgan fingerprint density at radius 2 is 0.774 bits per heavy atom. The molecule has 0 saturated heterocycles. The summed E-state index contributed by atoms with van der Waals surface area (Å²) in [4.78, 5) is 0. The van der Waals surface area contributed by atoms with Crippen molar-refractivity contribution in [2.24, 2.45) is 35.5 Å². The average molecular weight is 484 g/mol. The molecule has 0 aromatic heterocycles. The van der Waals surface area contributed by atoms with Gasteiger partial charge in [0.05, 0.1) is 0 Å². The minimum absolute atomic E-state index is 0.199. The Labute approximate surface area is 168 Å². The molecule has 2 aliphatic rings. The molecule has 31 heavy (non-hydrogen) atoms. The minimum atomic E-state index is -6.27. The van der Waals surface area contributed by atoms with Crippen molar-refractivity contribution >= 4 is 0 Å². The van der Waals surface area contributed by atoms with E-state index in [1.807, 2.05) is 0 Å². The standard InChI is InChI=1S/C17H20F12O2/c1-6-7(2)9-3-8(6)10(4-12(30,14(18,19)20)15(21,22)23)11(9)5-13(31,16(24,25)26)17(27,28)29/h6-11,30-31H,3-5H2,1-2H3. The highest BCUT2D eigenvalue weighted by Crippen LogP contribution is 2.64. The van der Waals surface area contributed by atoms with Gasteiger partial charge in [0.25, 0.3) is 11.2 Å². The van der Waals surface area contributed by atoms with Gasteiger partial charge in [-0.05, 0) is 54.8 Å². The summed E-state index contributed by atoms with van der Waals surface area (Å²) in [6.45, 7) is 2.86. The zero-order chi connectivity index (χ0) is 24.6. The lowest BCUT2D eigenvalue weighted by atomic mass is 9.63. The van der Waals surface area contributed by atoms with Crippen LogP contribution in [-0.2, 0) is 0 Å². The highest BCUT2D eigenvalue weighted by atomic mass is 19.4. The second-order valence-electron chi connectivity index (χ2n) is 8.73. The van der Waals surface area contributed by atoms with Crippen molar-refractivity contribution in [3.63, 3.8) is 0 Å². The van der Waals surface area contributed by atoms with Gasteiger partial charge in [-0.2, -0.15) is 52.7 Å². The van der Waals surface area contributed by atoms with Gasteiger partial charge in [-0.25, -0.2) is 0 Å². The van der Waals surface area contributed by atoms with Gasteiger partial charge in [0.15, 0.2) is 0 Å². The number of aliphatic hydroxyl groups is 2. The first-order valence-electron chi connectivity index (χ1n) is 9.21. The predicted octanol–water partition coefficient (Wildman–Crippen LogP) is 5.63. The fourth-order valence-electron chi connectivity index (χ4n) is 5.36. The van der Waals surface area contributed by atoms with E-state index in [2.05, 4.69) is 0 Å². The van der Waals surface area contributed by atoms with E-state index in [4.69, 9.17) is 0 Å². The lowest BCUT2D eigenvalue weighted by Crippen LogP contribution is -2.61. The van der Waals surface area contributed by atoms with Crippen molar-refractivity contribution in [1.82, 2.24) is 0 Å². The molecule has 2 aliphatic carbocycles. The lowest BCUT2D eigenvalue weighted by molar-refractivity contribution is -0.381. The topological polar surface area (TPSA) is 40.5 Å². The molecule has 0 heterocycles. The normalized spacial score (nSPS) is 33.3. The van der Waals surface area contributed by atoms with Crippen LogP contribution in [0.2, 0.25) is 0 Å². The summed E-state index contributed by atoms with van der Waals surface area (Å²) in [7, 11) is 0. The third-order valence-corrected chi connectivity index (χ3v) is 7.31. The van der Waals surface area contributed by atoms with E-state index in [-0.39, 0.29) is 6.42 Å². The molecule has 184 valence electrons. The molecule has 2 N–H and O–H groups in total. The quantitative estimate of drug-likeness (QED) is 0.508. The van der Waals surface area contributed by atoms with Crippen LogP contribution in [0.3, 0.4) is 0 Å². The highest BCUT2D eigenvalue weighted by Gasteiger charge is 2.75. The van der Waals surface area contributed by atoms with Crippen LogP contribution in [0.15, 0.2) is 0 Å². The van der Waals surface area contributed by atoms with Gasteiger partial charge < -0.3 is 10.2 Å². The zero-order valence-corrected chi connectivity index (χ0v) is 16.0. The van der Waals surface area contributed by atoms with Gasteiger partial charge in [-0.15, -0.1) is 0 Å². The molecule has 2 saturated carbocycles. The van der Waals surface area contributed by atoms with Crippen LogP contribution in [0.5, 0.6) is 0 Å². The molecule has 2 fully saturated rings. The van der Waals surface area contributed by atoms with Crippen LogP contribution in [0.25, 0.3) is 0 Å². The summed E-state index contributed by atoms with van der Waals surface area (Å²) in [6, 6.07) is 0. The molecule has 6 atom stereocenters. The van der Waals surface area contributed by atoms with Crippen LogP contribution in [0.1, 0.15) is 33.1 Å². The van der Waals surface area contributed by atoms with Crippen LogP contribution in [-0.4, -0.2) is 46.1 Å². The predicted molar refractivity (Wildman–Crippen MR) is 80.3 cm³/mol. The van der Waals surface area contributed by atoms with Crippen molar-refractivity contribution in [2.75, 3.05) is 0 Å². The molecule has 0 aliphatic heterocycles. The van der Waals surface area contributed by atoms with Gasteiger partial charge in [0, 0.05) is 0 Å². The van der Waals surface area contributed by atoms with Crippen LogP contribution in [0, 0.1) is 35.5 Å². The van der Waals surface area contributed by atoms with E-state index in [0.29, 0.717) is 0 Å². The summed E-state index contributed by atoms with van der Waals surface area (Å²) in [6.07, 6.45) is -29.6. The number of fused-ring (bicyclic) bond motifs is 2. The summed E-state index contributed by atoms with van der Waals surface area (Å²) >= 11 is 0. The average Bonchev–Trinajstić information content (AvgIpc) is 3.00. The summed E-state index contributed by atoms with van der Waals surface area (Å²) in [5.74, 6) is -7.29. The first-order valence-corrected chi connectivity index (χ1v) is 9.21. The minimum Gasteiger partial charge on any atom is -0.374 e. The summed E-state index contributed by atoms with van der Waals surface area (Å²) in [5, 5.41) is 19.0. The second kappa shape index (κ2) is 7.29. The lowest BCUT2D eigenvalue weighted by Gasteiger charge is -2.45. The van der Waals surface area contributed by atoms with Crippen molar-refractivity contribution in [3.05, 3.63) is 0 Å². The van der Waals surface area contributed by atoms with E-state index in [1.165, 1.54) is 13.8 Å². The monoisotopic (exact) mass is 484 g/mol. The molecular formula is C17H20F12O2. The fraction of sp³-hybridized carbons (Fsp3) is 1.00. The Bertz CT molecular complexity index is 578. The smallest absolute Gasteiger partial charge is 0.374 e. The first-order chi connectivity index (χ1) is 13.5. The van der Waals surface area contributed by atoms with Crippen LogP contribution >= 0.6 is 0 Å². The van der Waals surface area contributed by atoms with Crippen molar-refractivity contribution in [3.8, 4) is 0 Å². The fourth-order valence-corrected chi connectivity index (χ4v) is 5.36. The molecule has 0 aromatic rings. The number of hydrogen-bond donors (Lipinski definition) is 2. The third-order valence-electron chi connectivity index (χ3n) is 7.31. The molecule has 2 rings (SSSR count). The molecular weight excluding hydrogens is 464 g/mol. The zero-order valence-electron chi connectivity index (χ0n) is 16.0. The van der Waals surface area contributed by atoms with Crippen molar-refractivity contribution in [2.45, 2.75) is 69.0 Å². The largest absolute Gasteiger partial charge is 0.426 e. The van der Waals surface area contributed by atoms with E-state index in [1.54, 1.807) is 0 Å². The molecule has 14 heteroatoms. The Morgan fingerprint density at radius 3 is 0.968 bits per heavy atom. The van der Waals surface area contributed by atoms with E-state index in [9.17, 15) is 62.9 Å². The summed E-state index contributed by atoms with van der Waals surface area (Å²) < 4.78 is 158. The maximum atomic E-state index is 13.1. The number of rotatable bonds is 4. The van der Waals surface area contributed by atoms with Crippen molar-refractivity contribution in [1.29, 1.82) is 0 Å². The molecule has 2 nitrogen and oxygen atoms in total. The molecule has 0 radical (unpaired) electrons. The van der Waals surface area contributed by atoms with Gasteiger partial charge in [0.2, 0.25) is 0 Å². The number of hydrogen-bond acceptors (Lipinski definition) is 2. The van der Waals surface area contributed by atoms with Gasteiger partial charge in [0.1, 0.15) is 0 Å². The maximum Gasteiger partial charge on any atom is 0.426 e. The molecule has 0 spiro atoms. The SMILES string of the molecule is CC1C(C)C2CC1C(CC(O)(C(F)(F)F)C(F)(F)F)C2CC(O)(C(F)(F)F)C(F)(F)F. The van der Waals surface area contributed by atoms with E-state index in [0.717, 1.165) is 0 Å². The third kappa shape index (κ3) is 3.99. The Kier molecular flexibility index (Phi) is 6.19. The van der Waals surface area contributed by atoms with Gasteiger partial charge >= 0.3 is 24.7 Å². The molecule has 6 unspecified atom stereocenters. The van der Waals surface area contributed by atoms with E-state index >= 15 is 0 Å². The maximum absolute atomic E-state index is 13.1. The second-order valence-corrected chi connectivity index (χ2v) is 8.73. The Morgan fingerprint density at radius 1 is 0.548 bits per heavy atom. The van der Waals surface area contributed by atoms with Gasteiger partial charge in [-0.1, -0.05) is 13.8 Å². The first kappa shape index (κ1) is 26.3. The molecule has 2 bridgehead atoms. The number of halogens is 12. The van der Waals surface area contributed by atoms with Crippen molar-refractivity contribution < 1.29 is 62.9 Å². The molecule has 0 amide bonds. The summed E-state index contributed by atoms with van der Waals surface area (Å²) in [5.41, 5.74) is -10.6. The Balaban J connectivity index is 2.53. The Hall–Kier alpha value is -0.920. The van der Waals surface area contributed by atoms with Crippen LogP contribution in [0.4, 0.5) is 52.7 Å². The van der Waals surface area contributed by atoms with Crippen LogP contribution < -0.4 is 0 Å². The van der Waals surface area contributed by atoms with Gasteiger partial charge in [-0.3, -0.25) is 0 Å².